The van der Waals surface area contributed by atoms with Crippen molar-refractivity contribution < 1.29 is 19.0 Å². The van der Waals surface area contributed by atoms with Crippen molar-refractivity contribution in [3.63, 3.8) is 0 Å². The fourth-order valence-corrected chi connectivity index (χ4v) is 4.10. The highest BCUT2D eigenvalue weighted by Crippen LogP contribution is 2.39. The van der Waals surface area contributed by atoms with E-state index in [9.17, 15) is 4.79 Å². The van der Waals surface area contributed by atoms with Crippen LogP contribution < -0.4 is 24.8 Å². The van der Waals surface area contributed by atoms with Crippen molar-refractivity contribution in [3.8, 4) is 17.2 Å². The minimum atomic E-state index is -0.344. The summed E-state index contributed by atoms with van der Waals surface area (Å²) < 4.78 is 16.3. The van der Waals surface area contributed by atoms with Crippen molar-refractivity contribution in [2.24, 2.45) is 10.4 Å². The van der Waals surface area contributed by atoms with E-state index in [4.69, 9.17) is 14.2 Å². The number of hydrogen-bond acceptors (Lipinski definition) is 5. The van der Waals surface area contributed by atoms with Crippen LogP contribution in [0.3, 0.4) is 0 Å². The monoisotopic (exact) mass is 420 g/mol. The zero-order valence-corrected chi connectivity index (χ0v) is 19.1. The molecule has 8 nitrogen and oxygen atoms in total. The maximum Gasteiger partial charge on any atom is 0.230 e. The summed E-state index contributed by atoms with van der Waals surface area (Å²) in [5.41, 5.74) is 0.614. The number of benzene rings is 1. The van der Waals surface area contributed by atoms with E-state index in [0.29, 0.717) is 31.2 Å². The topological polar surface area (TPSA) is 84.4 Å². The van der Waals surface area contributed by atoms with Gasteiger partial charge in [0, 0.05) is 51.9 Å². The molecule has 0 heterocycles. The van der Waals surface area contributed by atoms with E-state index in [1.165, 1.54) is 0 Å². The molecule has 0 aliphatic heterocycles. The molecule has 0 spiro atoms. The van der Waals surface area contributed by atoms with E-state index < -0.39 is 0 Å². The van der Waals surface area contributed by atoms with Crippen molar-refractivity contribution >= 4 is 11.9 Å². The largest absolute Gasteiger partial charge is 0.496 e. The SMILES string of the molecule is CN=C(NCCc1c(OC)cc(OC)cc1OC)NCC1(C(=O)N(C)C)CCCC1. The molecule has 0 bridgehead atoms. The lowest BCUT2D eigenvalue weighted by molar-refractivity contribution is -0.138. The van der Waals surface area contributed by atoms with Gasteiger partial charge in [0.1, 0.15) is 17.2 Å². The molecular weight excluding hydrogens is 384 g/mol. The zero-order valence-electron chi connectivity index (χ0n) is 19.1. The Bertz CT molecular complexity index is 718. The van der Waals surface area contributed by atoms with Gasteiger partial charge in [0.2, 0.25) is 5.91 Å². The second kappa shape index (κ2) is 10.9. The Labute approximate surface area is 180 Å². The zero-order chi connectivity index (χ0) is 22.1. The Morgan fingerprint density at radius 3 is 2.13 bits per heavy atom. The molecule has 0 aromatic heterocycles. The van der Waals surface area contributed by atoms with E-state index in [0.717, 1.165) is 42.7 Å². The Kier molecular flexibility index (Phi) is 8.62. The van der Waals surface area contributed by atoms with Crippen molar-refractivity contribution in [1.29, 1.82) is 0 Å². The number of amides is 1. The van der Waals surface area contributed by atoms with Crippen LogP contribution in [0.5, 0.6) is 17.2 Å². The number of guanidine groups is 1. The number of rotatable bonds is 9. The predicted octanol–water partition coefficient (Wildman–Crippen LogP) is 2.07. The molecule has 30 heavy (non-hydrogen) atoms. The number of nitrogens with one attached hydrogen (secondary N) is 2. The molecule has 0 radical (unpaired) electrons. The summed E-state index contributed by atoms with van der Waals surface area (Å²) in [5.74, 6) is 3.00. The first-order valence-corrected chi connectivity index (χ1v) is 10.4. The predicted molar refractivity (Wildman–Crippen MR) is 119 cm³/mol. The molecule has 168 valence electrons. The quantitative estimate of drug-likeness (QED) is 0.470. The van der Waals surface area contributed by atoms with Crippen LogP contribution in [0.2, 0.25) is 0 Å². The summed E-state index contributed by atoms with van der Waals surface area (Å²) in [4.78, 5) is 18.8. The minimum Gasteiger partial charge on any atom is -0.496 e. The first kappa shape index (κ1) is 23.6. The average molecular weight is 421 g/mol. The lowest BCUT2D eigenvalue weighted by Crippen LogP contribution is -2.49. The Morgan fingerprint density at radius 1 is 1.07 bits per heavy atom. The second-order valence-corrected chi connectivity index (χ2v) is 7.80. The number of ether oxygens (including phenoxy) is 3. The van der Waals surface area contributed by atoms with Gasteiger partial charge in [-0.1, -0.05) is 12.8 Å². The van der Waals surface area contributed by atoms with Gasteiger partial charge < -0.3 is 29.7 Å². The second-order valence-electron chi connectivity index (χ2n) is 7.80. The lowest BCUT2D eigenvalue weighted by Gasteiger charge is -2.31. The Morgan fingerprint density at radius 2 is 1.67 bits per heavy atom. The Balaban J connectivity index is 1.99. The smallest absolute Gasteiger partial charge is 0.230 e. The molecule has 1 aromatic rings. The molecule has 1 aliphatic rings. The number of aliphatic imine (C=N–C) groups is 1. The molecule has 1 aliphatic carbocycles. The molecule has 8 heteroatoms. The van der Waals surface area contributed by atoms with Gasteiger partial charge in [-0.2, -0.15) is 0 Å². The first-order valence-electron chi connectivity index (χ1n) is 10.4. The lowest BCUT2D eigenvalue weighted by atomic mass is 9.84. The average Bonchev–Trinajstić information content (AvgIpc) is 3.25. The van der Waals surface area contributed by atoms with Crippen molar-refractivity contribution in [2.75, 3.05) is 55.6 Å². The van der Waals surface area contributed by atoms with Crippen molar-refractivity contribution in [3.05, 3.63) is 17.7 Å². The molecule has 2 rings (SSSR count). The van der Waals surface area contributed by atoms with Crippen LogP contribution in [0.15, 0.2) is 17.1 Å². The summed E-state index contributed by atoms with van der Waals surface area (Å²) in [7, 11) is 10.3. The van der Waals surface area contributed by atoms with Gasteiger partial charge >= 0.3 is 0 Å². The number of hydrogen-bond donors (Lipinski definition) is 2. The molecule has 2 N–H and O–H groups in total. The third kappa shape index (κ3) is 5.49. The van der Waals surface area contributed by atoms with Crippen LogP contribution in [0.4, 0.5) is 0 Å². The third-order valence-corrected chi connectivity index (χ3v) is 5.72. The summed E-state index contributed by atoms with van der Waals surface area (Å²) in [6.07, 6.45) is 4.68. The molecule has 1 amide bonds. The van der Waals surface area contributed by atoms with E-state index in [-0.39, 0.29) is 11.3 Å². The maximum atomic E-state index is 12.7. The summed E-state index contributed by atoms with van der Waals surface area (Å²) in [6, 6.07) is 3.70. The highest BCUT2D eigenvalue weighted by molar-refractivity contribution is 5.85. The molecule has 0 unspecified atom stereocenters. The van der Waals surface area contributed by atoms with Crippen LogP contribution in [-0.2, 0) is 11.2 Å². The molecule has 0 atom stereocenters. The Hall–Kier alpha value is -2.64. The van der Waals surface area contributed by atoms with Crippen LogP contribution in [0.25, 0.3) is 0 Å². The van der Waals surface area contributed by atoms with E-state index in [1.54, 1.807) is 33.3 Å². The van der Waals surface area contributed by atoms with E-state index in [2.05, 4.69) is 15.6 Å². The molecule has 0 saturated heterocycles. The summed E-state index contributed by atoms with van der Waals surface area (Å²) in [5, 5.41) is 6.69. The standard InChI is InChI=1S/C22H36N4O4/c1-23-21(25-15-22(10-7-8-11-22)20(27)26(2)3)24-12-9-17-18(29-5)13-16(28-4)14-19(17)30-6/h13-14H,7-12,15H2,1-6H3,(H2,23,24,25). The van der Waals surface area contributed by atoms with Gasteiger partial charge in [0.05, 0.1) is 26.7 Å². The highest BCUT2D eigenvalue weighted by atomic mass is 16.5. The van der Waals surface area contributed by atoms with Gasteiger partial charge in [0.15, 0.2) is 5.96 Å². The highest BCUT2D eigenvalue weighted by Gasteiger charge is 2.42. The van der Waals surface area contributed by atoms with Gasteiger partial charge in [-0.05, 0) is 19.3 Å². The van der Waals surface area contributed by atoms with Gasteiger partial charge in [-0.3, -0.25) is 9.79 Å². The van der Waals surface area contributed by atoms with E-state index in [1.807, 2.05) is 26.2 Å². The van der Waals surface area contributed by atoms with Gasteiger partial charge in [-0.15, -0.1) is 0 Å². The van der Waals surface area contributed by atoms with Gasteiger partial charge in [0.25, 0.3) is 0 Å². The van der Waals surface area contributed by atoms with Gasteiger partial charge in [-0.25, -0.2) is 0 Å². The fraction of sp³-hybridized carbons (Fsp3) is 0.636. The maximum absolute atomic E-state index is 12.7. The van der Waals surface area contributed by atoms with Crippen molar-refractivity contribution in [2.45, 2.75) is 32.1 Å². The van der Waals surface area contributed by atoms with E-state index >= 15 is 0 Å². The number of nitrogens with zero attached hydrogens (tertiary/aromatic N) is 2. The molecular formula is C22H36N4O4. The molecule has 1 fully saturated rings. The number of carbonyl (C=O) groups excluding carboxylic acids is 1. The van der Waals surface area contributed by atoms with Crippen LogP contribution in [0, 0.1) is 5.41 Å². The fourth-order valence-electron chi connectivity index (χ4n) is 4.10. The van der Waals surface area contributed by atoms with Crippen LogP contribution in [-0.4, -0.2) is 72.3 Å². The third-order valence-electron chi connectivity index (χ3n) is 5.72. The summed E-state index contributed by atoms with van der Waals surface area (Å²) in [6.45, 7) is 1.21. The molecule has 1 saturated carbocycles. The number of methoxy groups -OCH3 is 3. The first-order chi connectivity index (χ1) is 14.4. The number of carbonyl (C=O) groups is 1. The van der Waals surface area contributed by atoms with Crippen LogP contribution in [0.1, 0.15) is 31.2 Å². The van der Waals surface area contributed by atoms with Crippen molar-refractivity contribution in [1.82, 2.24) is 15.5 Å². The molecule has 1 aromatic carbocycles. The summed E-state index contributed by atoms with van der Waals surface area (Å²) >= 11 is 0. The normalized spacial score (nSPS) is 15.5. The minimum absolute atomic E-state index is 0.190. The van der Waals surface area contributed by atoms with Crippen LogP contribution >= 0.6 is 0 Å².